The summed E-state index contributed by atoms with van der Waals surface area (Å²) in [7, 11) is 0. The van der Waals surface area contributed by atoms with Crippen LogP contribution in [0.5, 0.6) is 0 Å². The zero-order valence-electron chi connectivity index (χ0n) is 15.3. The fraction of sp³-hybridized carbons (Fsp3) is 0.611. The summed E-state index contributed by atoms with van der Waals surface area (Å²) in [5.74, 6) is -0.547. The molecule has 0 aliphatic carbocycles. The fourth-order valence-corrected chi connectivity index (χ4v) is 3.86. The molecule has 0 radical (unpaired) electrons. The number of nitrogens with one attached hydrogen (secondary N) is 2. The Morgan fingerprint density at radius 2 is 2.00 bits per heavy atom. The molecule has 7 nitrogen and oxygen atoms in total. The van der Waals surface area contributed by atoms with Crippen LogP contribution in [0.25, 0.3) is 0 Å². The molecule has 1 fully saturated rings. The van der Waals surface area contributed by atoms with E-state index in [2.05, 4.69) is 17.6 Å². The van der Waals surface area contributed by atoms with Gasteiger partial charge in [0.15, 0.2) is 0 Å². The second-order valence-corrected chi connectivity index (χ2v) is 7.54. The molecule has 144 valence electrons. The number of anilines is 1. The Balaban J connectivity index is 1.71. The van der Waals surface area contributed by atoms with E-state index >= 15 is 0 Å². The van der Waals surface area contributed by atoms with E-state index in [1.54, 1.807) is 11.4 Å². The topological polar surface area (TPSA) is 105 Å². The maximum absolute atomic E-state index is 12.2. The molecular weight excluding hydrogens is 352 g/mol. The van der Waals surface area contributed by atoms with Crippen LogP contribution in [0.15, 0.2) is 11.4 Å². The predicted molar refractivity (Wildman–Crippen MR) is 103 cm³/mol. The van der Waals surface area contributed by atoms with Crippen molar-refractivity contribution in [1.29, 1.82) is 0 Å². The highest BCUT2D eigenvalue weighted by Crippen LogP contribution is 2.23. The minimum atomic E-state index is -0.549. The lowest BCUT2D eigenvalue weighted by atomic mass is 9.96. The average molecular weight is 381 g/mol. The molecule has 1 aromatic rings. The molecule has 26 heavy (non-hydrogen) atoms. The number of hydrogen-bond acceptors (Lipinski definition) is 5. The van der Waals surface area contributed by atoms with Gasteiger partial charge < -0.3 is 16.4 Å². The molecule has 2 heterocycles. The van der Waals surface area contributed by atoms with E-state index in [4.69, 9.17) is 5.73 Å². The van der Waals surface area contributed by atoms with Gasteiger partial charge in [-0.15, -0.1) is 11.3 Å². The SMILES string of the molecule is CCCCCNC(=O)C1CCN(CC(=O)Nc2sccc2C(N)=O)CC1. The van der Waals surface area contributed by atoms with Gasteiger partial charge in [0.25, 0.3) is 5.91 Å². The number of unbranched alkanes of at least 4 members (excludes halogenated alkanes) is 2. The van der Waals surface area contributed by atoms with Crippen LogP contribution in [0, 0.1) is 5.92 Å². The van der Waals surface area contributed by atoms with Crippen molar-refractivity contribution >= 4 is 34.1 Å². The highest BCUT2D eigenvalue weighted by molar-refractivity contribution is 7.14. The summed E-state index contributed by atoms with van der Waals surface area (Å²) in [4.78, 5) is 37.7. The maximum atomic E-state index is 12.2. The lowest BCUT2D eigenvalue weighted by Gasteiger charge is -2.30. The van der Waals surface area contributed by atoms with Gasteiger partial charge in [0.05, 0.1) is 12.1 Å². The van der Waals surface area contributed by atoms with E-state index in [1.807, 2.05) is 4.90 Å². The number of nitrogens with zero attached hydrogens (tertiary/aromatic N) is 1. The second-order valence-electron chi connectivity index (χ2n) is 6.62. The third kappa shape index (κ3) is 6.10. The van der Waals surface area contributed by atoms with E-state index in [-0.39, 0.29) is 24.3 Å². The van der Waals surface area contributed by atoms with Gasteiger partial charge in [-0.2, -0.15) is 0 Å². The summed E-state index contributed by atoms with van der Waals surface area (Å²) >= 11 is 1.28. The zero-order valence-corrected chi connectivity index (χ0v) is 16.1. The quantitative estimate of drug-likeness (QED) is 0.568. The molecule has 0 spiro atoms. The number of nitrogens with two attached hydrogens (primary N) is 1. The first-order valence-electron chi connectivity index (χ1n) is 9.18. The van der Waals surface area contributed by atoms with Crippen LogP contribution in [0.1, 0.15) is 49.4 Å². The van der Waals surface area contributed by atoms with Crippen LogP contribution in [0.4, 0.5) is 5.00 Å². The largest absolute Gasteiger partial charge is 0.366 e. The van der Waals surface area contributed by atoms with Crippen molar-refractivity contribution in [3.63, 3.8) is 0 Å². The van der Waals surface area contributed by atoms with Gasteiger partial charge in [-0.25, -0.2) is 0 Å². The summed E-state index contributed by atoms with van der Waals surface area (Å²) in [6.45, 7) is 4.57. The molecule has 4 N–H and O–H groups in total. The predicted octanol–water partition coefficient (Wildman–Crippen LogP) is 1.80. The minimum Gasteiger partial charge on any atom is -0.366 e. The summed E-state index contributed by atoms with van der Waals surface area (Å²) in [5.41, 5.74) is 5.62. The summed E-state index contributed by atoms with van der Waals surface area (Å²) in [5, 5.41) is 7.97. The molecule has 1 aliphatic heterocycles. The zero-order chi connectivity index (χ0) is 18.9. The maximum Gasteiger partial charge on any atom is 0.251 e. The van der Waals surface area contributed by atoms with Gasteiger partial charge in [0, 0.05) is 12.5 Å². The van der Waals surface area contributed by atoms with Crippen molar-refractivity contribution in [2.24, 2.45) is 11.7 Å². The lowest BCUT2D eigenvalue weighted by molar-refractivity contribution is -0.126. The van der Waals surface area contributed by atoms with E-state index in [1.165, 1.54) is 11.3 Å². The van der Waals surface area contributed by atoms with Crippen molar-refractivity contribution in [2.75, 3.05) is 31.5 Å². The fourth-order valence-electron chi connectivity index (χ4n) is 3.05. The molecule has 0 saturated carbocycles. The van der Waals surface area contributed by atoms with E-state index in [0.717, 1.165) is 38.6 Å². The third-order valence-corrected chi connectivity index (χ3v) is 5.42. The van der Waals surface area contributed by atoms with Crippen LogP contribution in [-0.2, 0) is 9.59 Å². The van der Waals surface area contributed by atoms with Gasteiger partial charge in [0.2, 0.25) is 11.8 Å². The highest BCUT2D eigenvalue weighted by atomic mass is 32.1. The van der Waals surface area contributed by atoms with Crippen LogP contribution in [-0.4, -0.2) is 48.8 Å². The van der Waals surface area contributed by atoms with Gasteiger partial charge in [-0.05, 0) is 43.8 Å². The van der Waals surface area contributed by atoms with Crippen molar-refractivity contribution < 1.29 is 14.4 Å². The number of piperidine rings is 1. The van der Waals surface area contributed by atoms with Crippen LogP contribution in [0.3, 0.4) is 0 Å². The standard InChI is InChI=1S/C18H28N4O3S/c1-2-3-4-8-20-17(25)13-5-9-22(10-6-13)12-15(23)21-18-14(16(19)24)7-11-26-18/h7,11,13H,2-6,8-10,12H2,1H3,(H2,19,24)(H,20,25)(H,21,23). The lowest BCUT2D eigenvalue weighted by Crippen LogP contribution is -2.43. The first-order chi connectivity index (χ1) is 12.5. The first kappa shape index (κ1) is 20.4. The smallest absolute Gasteiger partial charge is 0.251 e. The van der Waals surface area contributed by atoms with E-state index in [9.17, 15) is 14.4 Å². The van der Waals surface area contributed by atoms with E-state index < -0.39 is 5.91 Å². The molecule has 2 rings (SSSR count). The van der Waals surface area contributed by atoms with Crippen molar-refractivity contribution in [3.8, 4) is 0 Å². The Morgan fingerprint density at radius 1 is 1.27 bits per heavy atom. The number of thiophene rings is 1. The van der Waals surface area contributed by atoms with Gasteiger partial charge >= 0.3 is 0 Å². The van der Waals surface area contributed by atoms with Gasteiger partial charge in [-0.1, -0.05) is 19.8 Å². The van der Waals surface area contributed by atoms with Crippen molar-refractivity contribution in [1.82, 2.24) is 10.2 Å². The average Bonchev–Trinajstić information content (AvgIpc) is 3.07. The summed E-state index contributed by atoms with van der Waals surface area (Å²) < 4.78 is 0. The summed E-state index contributed by atoms with van der Waals surface area (Å²) in [6, 6.07) is 1.60. The normalized spacial score (nSPS) is 15.6. The molecule has 0 aromatic carbocycles. The third-order valence-electron chi connectivity index (χ3n) is 4.59. The Kier molecular flexibility index (Phi) is 8.06. The minimum absolute atomic E-state index is 0.0368. The number of likely N-dealkylation sites (tertiary alicyclic amines) is 1. The molecule has 3 amide bonds. The highest BCUT2D eigenvalue weighted by Gasteiger charge is 2.26. The molecule has 1 aromatic heterocycles. The molecular formula is C18H28N4O3S. The number of carbonyl (C=O) groups is 3. The number of primary amides is 1. The van der Waals surface area contributed by atoms with Crippen molar-refractivity contribution in [2.45, 2.75) is 39.0 Å². The Morgan fingerprint density at radius 3 is 2.65 bits per heavy atom. The number of amides is 3. The molecule has 0 atom stereocenters. The molecule has 8 heteroatoms. The van der Waals surface area contributed by atoms with Gasteiger partial charge in [-0.3, -0.25) is 19.3 Å². The number of carbonyl (C=O) groups excluding carboxylic acids is 3. The molecule has 1 saturated heterocycles. The number of rotatable bonds is 9. The van der Waals surface area contributed by atoms with Crippen LogP contribution >= 0.6 is 11.3 Å². The molecule has 0 bridgehead atoms. The van der Waals surface area contributed by atoms with Crippen molar-refractivity contribution in [3.05, 3.63) is 17.0 Å². The van der Waals surface area contributed by atoms with Crippen LogP contribution < -0.4 is 16.4 Å². The molecule has 0 unspecified atom stereocenters. The number of hydrogen-bond donors (Lipinski definition) is 3. The first-order valence-corrected chi connectivity index (χ1v) is 10.1. The Labute approximate surface area is 158 Å². The molecule has 1 aliphatic rings. The Hall–Kier alpha value is -1.93. The Bertz CT molecular complexity index is 624. The van der Waals surface area contributed by atoms with Crippen LogP contribution in [0.2, 0.25) is 0 Å². The monoisotopic (exact) mass is 380 g/mol. The second kappa shape index (κ2) is 10.3. The van der Waals surface area contributed by atoms with E-state index in [0.29, 0.717) is 23.7 Å². The summed E-state index contributed by atoms with van der Waals surface area (Å²) in [6.07, 6.45) is 4.83. The van der Waals surface area contributed by atoms with Gasteiger partial charge in [0.1, 0.15) is 5.00 Å².